The summed E-state index contributed by atoms with van der Waals surface area (Å²) in [6.07, 6.45) is 6.67. The molecule has 1 unspecified atom stereocenters. The highest BCUT2D eigenvalue weighted by atomic mass is 16.5. The van der Waals surface area contributed by atoms with E-state index in [9.17, 15) is 0 Å². The van der Waals surface area contributed by atoms with Crippen LogP contribution in [-0.4, -0.2) is 37.7 Å². The van der Waals surface area contributed by atoms with Crippen LogP contribution in [-0.2, 0) is 4.74 Å². The van der Waals surface area contributed by atoms with Gasteiger partial charge in [-0.1, -0.05) is 12.5 Å². The number of ether oxygens (including phenoxy) is 1. The molecule has 17 heavy (non-hydrogen) atoms. The zero-order valence-electron chi connectivity index (χ0n) is 11.0. The minimum absolute atomic E-state index is 0.687. The Morgan fingerprint density at radius 1 is 1.53 bits per heavy atom. The fourth-order valence-corrected chi connectivity index (χ4v) is 2.49. The van der Waals surface area contributed by atoms with E-state index in [0.29, 0.717) is 5.92 Å². The maximum atomic E-state index is 5.46. The summed E-state index contributed by atoms with van der Waals surface area (Å²) < 4.78 is 5.46. The van der Waals surface area contributed by atoms with Gasteiger partial charge in [-0.15, -0.1) is 0 Å². The van der Waals surface area contributed by atoms with Crippen molar-refractivity contribution in [2.24, 2.45) is 5.92 Å². The second-order valence-corrected chi connectivity index (χ2v) is 4.90. The average molecular weight is 236 g/mol. The predicted molar refractivity (Wildman–Crippen MR) is 70.6 cm³/mol. The molecule has 0 bridgehead atoms. The molecule has 2 rings (SSSR count). The Balaban J connectivity index is 2.12. The van der Waals surface area contributed by atoms with Gasteiger partial charge in [0, 0.05) is 6.54 Å². The van der Waals surface area contributed by atoms with Crippen molar-refractivity contribution in [1.82, 2.24) is 10.2 Å². The molecule has 3 heteroatoms. The Kier molecular flexibility index (Phi) is 4.49. The quantitative estimate of drug-likeness (QED) is 0.795. The second kappa shape index (κ2) is 6.10. The molecule has 1 saturated heterocycles. The van der Waals surface area contributed by atoms with Crippen LogP contribution in [0.4, 0.5) is 0 Å². The van der Waals surface area contributed by atoms with Crippen LogP contribution in [0, 0.1) is 5.92 Å². The fourth-order valence-electron chi connectivity index (χ4n) is 2.49. The number of nitrogens with one attached hydrogen (secondary N) is 1. The maximum absolute atomic E-state index is 5.46. The maximum Gasteiger partial charge on any atom is 0.106 e. The van der Waals surface area contributed by atoms with Gasteiger partial charge in [0.1, 0.15) is 12.9 Å². The molecule has 0 saturated carbocycles. The molecule has 2 aliphatic rings. The molecule has 0 amide bonds. The zero-order valence-corrected chi connectivity index (χ0v) is 11.0. The molecule has 0 spiro atoms. The van der Waals surface area contributed by atoms with Gasteiger partial charge in [-0.3, -0.25) is 0 Å². The van der Waals surface area contributed by atoms with E-state index in [2.05, 4.69) is 30.1 Å². The first-order valence-electron chi connectivity index (χ1n) is 6.79. The molecule has 0 radical (unpaired) electrons. The molecule has 96 valence electrons. The van der Waals surface area contributed by atoms with E-state index < -0.39 is 0 Å². The average Bonchev–Trinajstić information content (AvgIpc) is 2.56. The molecule has 0 aromatic heterocycles. The van der Waals surface area contributed by atoms with Gasteiger partial charge in [-0.05, 0) is 44.8 Å². The fraction of sp³-hybridized carbons (Fsp3) is 0.714. The Morgan fingerprint density at radius 2 is 2.41 bits per heavy atom. The van der Waals surface area contributed by atoms with Crippen molar-refractivity contribution in [2.75, 3.05) is 32.8 Å². The number of nitrogens with zero attached hydrogens (tertiary/aromatic N) is 1. The summed E-state index contributed by atoms with van der Waals surface area (Å²) in [5.41, 5.74) is 2.81. The van der Waals surface area contributed by atoms with Gasteiger partial charge in [-0.2, -0.15) is 0 Å². The summed E-state index contributed by atoms with van der Waals surface area (Å²) in [5.74, 6) is 0.687. The van der Waals surface area contributed by atoms with Crippen LogP contribution in [0.15, 0.2) is 23.6 Å². The van der Waals surface area contributed by atoms with E-state index in [1.54, 1.807) is 5.57 Å². The Hall–Kier alpha value is -0.960. The van der Waals surface area contributed by atoms with Crippen LogP contribution in [0.25, 0.3) is 0 Å². The minimum atomic E-state index is 0.687. The van der Waals surface area contributed by atoms with Crippen LogP contribution in [0.3, 0.4) is 0 Å². The largest absolute Gasteiger partial charge is 0.497 e. The van der Waals surface area contributed by atoms with Crippen molar-refractivity contribution >= 4 is 0 Å². The lowest BCUT2D eigenvalue weighted by Gasteiger charge is -2.28. The summed E-state index contributed by atoms with van der Waals surface area (Å²) in [6, 6.07) is 0. The van der Waals surface area contributed by atoms with Crippen molar-refractivity contribution in [3.8, 4) is 0 Å². The smallest absolute Gasteiger partial charge is 0.106 e. The first-order valence-corrected chi connectivity index (χ1v) is 6.79. The van der Waals surface area contributed by atoms with Crippen molar-refractivity contribution in [2.45, 2.75) is 26.7 Å². The van der Waals surface area contributed by atoms with Crippen molar-refractivity contribution in [3.63, 3.8) is 0 Å². The monoisotopic (exact) mass is 236 g/mol. The van der Waals surface area contributed by atoms with Crippen LogP contribution in [0.2, 0.25) is 0 Å². The van der Waals surface area contributed by atoms with Gasteiger partial charge in [0.2, 0.25) is 0 Å². The Morgan fingerprint density at radius 3 is 3.24 bits per heavy atom. The molecular weight excluding hydrogens is 212 g/mol. The van der Waals surface area contributed by atoms with Gasteiger partial charge in [-0.25, -0.2) is 0 Å². The van der Waals surface area contributed by atoms with E-state index in [1.165, 1.54) is 12.1 Å². The third kappa shape index (κ3) is 3.25. The summed E-state index contributed by atoms with van der Waals surface area (Å²) in [4.78, 5) is 2.39. The number of rotatable bonds is 2. The van der Waals surface area contributed by atoms with Crippen molar-refractivity contribution in [1.29, 1.82) is 0 Å². The second-order valence-electron chi connectivity index (χ2n) is 4.90. The molecule has 3 nitrogen and oxygen atoms in total. The first kappa shape index (κ1) is 12.5. The van der Waals surface area contributed by atoms with Gasteiger partial charge < -0.3 is 15.0 Å². The lowest BCUT2D eigenvalue weighted by atomic mass is 9.95. The van der Waals surface area contributed by atoms with Crippen LogP contribution in [0.1, 0.15) is 26.7 Å². The molecule has 1 N–H and O–H groups in total. The Labute approximate surface area is 105 Å². The Bertz CT molecular complexity index is 309. The highest BCUT2D eigenvalue weighted by Gasteiger charge is 2.16. The molecule has 0 aliphatic carbocycles. The van der Waals surface area contributed by atoms with E-state index in [0.717, 1.165) is 39.2 Å². The molecule has 2 heterocycles. The standard InChI is InChI=1S/C14H24N2O/c1-3-16-8-9-17-11-14(16)10-13-5-7-15-6-4-12(13)2/h10-12,15H,3-9H2,1-2H3/b13-10-. The van der Waals surface area contributed by atoms with Crippen LogP contribution < -0.4 is 5.32 Å². The third-order valence-electron chi connectivity index (χ3n) is 3.74. The number of hydrogen-bond donors (Lipinski definition) is 1. The summed E-state index contributed by atoms with van der Waals surface area (Å²) >= 11 is 0. The van der Waals surface area contributed by atoms with E-state index in [4.69, 9.17) is 4.74 Å². The summed E-state index contributed by atoms with van der Waals surface area (Å²) in [7, 11) is 0. The number of allylic oxidation sites excluding steroid dienone is 1. The third-order valence-corrected chi connectivity index (χ3v) is 3.74. The minimum Gasteiger partial charge on any atom is -0.497 e. The highest BCUT2D eigenvalue weighted by Crippen LogP contribution is 2.23. The number of likely N-dealkylation sites (N-methyl/N-ethyl adjacent to an activating group) is 1. The lowest BCUT2D eigenvalue weighted by Crippen LogP contribution is -2.29. The van der Waals surface area contributed by atoms with Gasteiger partial charge in [0.05, 0.1) is 12.2 Å². The molecular formula is C14H24N2O. The summed E-state index contributed by atoms with van der Waals surface area (Å²) in [6.45, 7) is 9.68. The first-order chi connectivity index (χ1) is 8.31. The van der Waals surface area contributed by atoms with E-state index >= 15 is 0 Å². The van der Waals surface area contributed by atoms with Gasteiger partial charge >= 0.3 is 0 Å². The number of hydrogen-bond acceptors (Lipinski definition) is 3. The van der Waals surface area contributed by atoms with Gasteiger partial charge in [0.25, 0.3) is 0 Å². The van der Waals surface area contributed by atoms with Crippen molar-refractivity contribution < 1.29 is 4.74 Å². The molecule has 1 atom stereocenters. The lowest BCUT2D eigenvalue weighted by molar-refractivity contribution is 0.166. The van der Waals surface area contributed by atoms with Crippen LogP contribution in [0.5, 0.6) is 0 Å². The molecule has 1 fully saturated rings. The molecule has 2 aliphatic heterocycles. The molecule has 0 aromatic rings. The van der Waals surface area contributed by atoms with Crippen LogP contribution >= 0.6 is 0 Å². The topological polar surface area (TPSA) is 24.5 Å². The zero-order chi connectivity index (χ0) is 12.1. The highest BCUT2D eigenvalue weighted by molar-refractivity contribution is 5.24. The predicted octanol–water partition coefficient (Wildman–Crippen LogP) is 2.13. The van der Waals surface area contributed by atoms with Crippen molar-refractivity contribution in [3.05, 3.63) is 23.6 Å². The SMILES string of the molecule is CCN1CCOC=C1/C=C1/CCNCCC1C. The van der Waals surface area contributed by atoms with E-state index in [-0.39, 0.29) is 0 Å². The summed E-state index contributed by atoms with van der Waals surface area (Å²) in [5, 5.41) is 3.46. The van der Waals surface area contributed by atoms with E-state index in [1.807, 2.05) is 6.26 Å². The van der Waals surface area contributed by atoms with Gasteiger partial charge in [0.15, 0.2) is 0 Å². The normalized spacial score (nSPS) is 28.6. The molecule has 0 aromatic carbocycles.